The number of rotatable bonds is 4. The van der Waals surface area contributed by atoms with Gasteiger partial charge in [0.15, 0.2) is 6.54 Å². The summed E-state index contributed by atoms with van der Waals surface area (Å²) in [6, 6.07) is 4.41. The second-order valence-electron chi connectivity index (χ2n) is 5.70. The molecule has 1 amide bonds. The Morgan fingerprint density at radius 3 is 2.84 bits per heavy atom. The van der Waals surface area contributed by atoms with Gasteiger partial charge < -0.3 is 9.80 Å². The molecule has 2 rings (SSSR count). The number of carbonyl (C=O) groups is 1. The summed E-state index contributed by atoms with van der Waals surface area (Å²) in [7, 11) is 4.24. The lowest BCUT2D eigenvalue weighted by Crippen LogP contribution is -2.51. The predicted octanol–water partition coefficient (Wildman–Crippen LogP) is 2.58. The molecule has 102 valence electrons. The third-order valence-electron chi connectivity index (χ3n) is 3.90. The smallest absolute Gasteiger partial charge is 0.280 e. The predicted molar refractivity (Wildman–Crippen MR) is 76.9 cm³/mol. The molecule has 4 nitrogen and oxygen atoms in total. The quantitative estimate of drug-likeness (QED) is 0.861. The molecular weight excluding hydrogens is 258 g/mol. The number of hydrogen-bond acceptors (Lipinski definition) is 3. The molecule has 1 aliphatic rings. The first kappa shape index (κ1) is 14.0. The van der Waals surface area contributed by atoms with Crippen molar-refractivity contribution in [1.29, 1.82) is 5.26 Å². The topological polar surface area (TPSA) is 52.9 Å². The summed E-state index contributed by atoms with van der Waals surface area (Å²) in [4.78, 5) is 12.1. The maximum Gasteiger partial charge on any atom is 0.280 e. The first-order valence-corrected chi connectivity index (χ1v) is 7.51. The average Bonchev–Trinajstić information content (AvgIpc) is 2.98. The number of quaternary nitrogens is 1. The first-order valence-electron chi connectivity index (χ1n) is 6.63. The number of anilines is 1. The number of carbonyl (C=O) groups excluding carboxylic acids is 1. The van der Waals surface area contributed by atoms with Crippen molar-refractivity contribution in [2.45, 2.75) is 31.7 Å². The molecule has 1 heterocycles. The highest BCUT2D eigenvalue weighted by atomic mass is 32.1. The van der Waals surface area contributed by atoms with Gasteiger partial charge in [0.25, 0.3) is 5.91 Å². The van der Waals surface area contributed by atoms with Crippen molar-refractivity contribution in [2.24, 2.45) is 0 Å². The van der Waals surface area contributed by atoms with Crippen LogP contribution in [0.3, 0.4) is 0 Å². The molecule has 0 bridgehead atoms. The molecule has 0 radical (unpaired) electrons. The van der Waals surface area contributed by atoms with Gasteiger partial charge in [-0.1, -0.05) is 0 Å². The van der Waals surface area contributed by atoms with E-state index in [0.717, 1.165) is 4.48 Å². The van der Waals surface area contributed by atoms with E-state index in [1.54, 1.807) is 6.07 Å². The molecule has 1 aromatic heterocycles. The summed E-state index contributed by atoms with van der Waals surface area (Å²) < 4.78 is 0.735. The van der Waals surface area contributed by atoms with Crippen molar-refractivity contribution in [3.63, 3.8) is 0 Å². The van der Waals surface area contributed by atoms with E-state index in [4.69, 9.17) is 5.26 Å². The third-order valence-corrected chi connectivity index (χ3v) is 4.73. The Morgan fingerprint density at radius 2 is 2.21 bits per heavy atom. The zero-order valence-electron chi connectivity index (χ0n) is 11.5. The average molecular weight is 278 g/mol. The molecule has 0 aromatic carbocycles. The van der Waals surface area contributed by atoms with Gasteiger partial charge in [-0.15, -0.1) is 11.3 Å². The molecule has 5 heteroatoms. The van der Waals surface area contributed by atoms with Crippen molar-refractivity contribution >= 4 is 22.2 Å². The summed E-state index contributed by atoms with van der Waals surface area (Å²) >= 11 is 1.40. The lowest BCUT2D eigenvalue weighted by Gasteiger charge is -2.35. The monoisotopic (exact) mass is 278 g/mol. The molecule has 0 unspecified atom stereocenters. The van der Waals surface area contributed by atoms with Gasteiger partial charge in [-0.3, -0.25) is 4.79 Å². The second-order valence-corrected chi connectivity index (χ2v) is 6.61. The van der Waals surface area contributed by atoms with E-state index in [9.17, 15) is 4.79 Å². The molecular formula is C14H20N3OS+. The van der Waals surface area contributed by atoms with Crippen molar-refractivity contribution in [1.82, 2.24) is 0 Å². The summed E-state index contributed by atoms with van der Waals surface area (Å²) in [5.74, 6) is -0.00384. The molecule has 0 atom stereocenters. The molecule has 19 heavy (non-hydrogen) atoms. The fourth-order valence-corrected chi connectivity index (χ4v) is 3.52. The molecule has 1 aromatic rings. The van der Waals surface area contributed by atoms with E-state index in [2.05, 4.69) is 25.5 Å². The Kier molecular flexibility index (Phi) is 4.23. The highest BCUT2D eigenvalue weighted by Gasteiger charge is 2.33. The van der Waals surface area contributed by atoms with Crippen LogP contribution in [-0.4, -0.2) is 37.1 Å². The van der Waals surface area contributed by atoms with Crippen LogP contribution in [0.5, 0.6) is 0 Å². The SMILES string of the molecule is C[N+](C)(CC(=O)Nc1sccc1C#N)C1CCCC1. The van der Waals surface area contributed by atoms with E-state index in [-0.39, 0.29) is 5.91 Å². The van der Waals surface area contributed by atoms with Gasteiger partial charge in [0.2, 0.25) is 0 Å². The van der Waals surface area contributed by atoms with Gasteiger partial charge in [0.05, 0.1) is 25.7 Å². The molecule has 1 fully saturated rings. The highest BCUT2D eigenvalue weighted by molar-refractivity contribution is 7.14. The van der Waals surface area contributed by atoms with Crippen molar-refractivity contribution < 1.29 is 9.28 Å². The number of nitriles is 1. The van der Waals surface area contributed by atoms with Crippen LogP contribution < -0.4 is 5.32 Å². The van der Waals surface area contributed by atoms with Gasteiger partial charge in [-0.25, -0.2) is 0 Å². The Hall–Kier alpha value is -1.38. The van der Waals surface area contributed by atoms with Crippen LogP contribution in [0.4, 0.5) is 5.00 Å². The molecule has 0 aliphatic heterocycles. The van der Waals surface area contributed by atoms with Crippen molar-refractivity contribution in [3.05, 3.63) is 17.0 Å². The zero-order valence-corrected chi connectivity index (χ0v) is 12.3. The molecule has 1 N–H and O–H groups in total. The highest BCUT2D eigenvalue weighted by Crippen LogP contribution is 2.27. The fraction of sp³-hybridized carbons (Fsp3) is 0.571. The Labute approximate surface area is 118 Å². The number of nitrogens with zero attached hydrogens (tertiary/aromatic N) is 2. The van der Waals surface area contributed by atoms with Gasteiger partial charge in [-0.05, 0) is 37.1 Å². The lowest BCUT2D eigenvalue weighted by atomic mass is 10.2. The number of thiophene rings is 1. The van der Waals surface area contributed by atoms with Crippen LogP contribution in [-0.2, 0) is 4.79 Å². The van der Waals surface area contributed by atoms with Crippen LogP contribution in [0.25, 0.3) is 0 Å². The first-order chi connectivity index (χ1) is 9.03. The standard InChI is InChI=1S/C14H19N3OS/c1-17(2,12-5-3-4-6-12)10-13(18)16-14-11(9-15)7-8-19-14/h7-8,12H,3-6,10H2,1-2H3/p+1. The normalized spacial score (nSPS) is 16.3. The largest absolute Gasteiger partial charge is 0.318 e. The van der Waals surface area contributed by atoms with Gasteiger partial charge in [0.1, 0.15) is 11.1 Å². The maximum atomic E-state index is 12.1. The molecule has 1 aliphatic carbocycles. The fourth-order valence-electron chi connectivity index (χ4n) is 2.76. The van der Waals surface area contributed by atoms with E-state index in [1.807, 2.05) is 5.38 Å². The van der Waals surface area contributed by atoms with Crippen LogP contribution in [0.15, 0.2) is 11.4 Å². The van der Waals surface area contributed by atoms with Crippen LogP contribution in [0.1, 0.15) is 31.2 Å². The summed E-state index contributed by atoms with van der Waals surface area (Å²) in [5.41, 5.74) is 0.546. The summed E-state index contributed by atoms with van der Waals surface area (Å²) in [6.45, 7) is 0.466. The Morgan fingerprint density at radius 1 is 1.53 bits per heavy atom. The van der Waals surface area contributed by atoms with E-state index in [1.165, 1.54) is 37.0 Å². The number of likely N-dealkylation sites (N-methyl/N-ethyl adjacent to an activating group) is 1. The second kappa shape index (κ2) is 5.72. The van der Waals surface area contributed by atoms with E-state index < -0.39 is 0 Å². The molecule has 1 saturated carbocycles. The number of hydrogen-bond donors (Lipinski definition) is 1. The van der Waals surface area contributed by atoms with Gasteiger partial charge in [-0.2, -0.15) is 5.26 Å². The Balaban J connectivity index is 1.96. The van der Waals surface area contributed by atoms with Crippen LogP contribution >= 0.6 is 11.3 Å². The van der Waals surface area contributed by atoms with Crippen LogP contribution in [0, 0.1) is 11.3 Å². The lowest BCUT2D eigenvalue weighted by molar-refractivity contribution is -0.906. The third kappa shape index (κ3) is 3.34. The molecule has 0 spiro atoms. The van der Waals surface area contributed by atoms with Gasteiger partial charge in [0, 0.05) is 0 Å². The molecule has 0 saturated heterocycles. The summed E-state index contributed by atoms with van der Waals surface area (Å²) in [5, 5.41) is 14.3. The minimum absolute atomic E-state index is 0.00384. The van der Waals surface area contributed by atoms with E-state index in [0.29, 0.717) is 23.2 Å². The maximum absolute atomic E-state index is 12.1. The van der Waals surface area contributed by atoms with Crippen LogP contribution in [0.2, 0.25) is 0 Å². The Bertz CT molecular complexity index is 495. The minimum atomic E-state index is -0.00384. The van der Waals surface area contributed by atoms with E-state index >= 15 is 0 Å². The minimum Gasteiger partial charge on any atom is -0.318 e. The number of amides is 1. The summed E-state index contributed by atoms with van der Waals surface area (Å²) in [6.07, 6.45) is 4.97. The van der Waals surface area contributed by atoms with Gasteiger partial charge >= 0.3 is 0 Å². The van der Waals surface area contributed by atoms with Crippen molar-refractivity contribution in [2.75, 3.05) is 26.0 Å². The number of nitrogens with one attached hydrogen (secondary N) is 1. The zero-order chi connectivity index (χ0) is 13.9. The van der Waals surface area contributed by atoms with Crippen molar-refractivity contribution in [3.8, 4) is 6.07 Å².